The van der Waals surface area contributed by atoms with Gasteiger partial charge in [0, 0.05) is 4.47 Å². The fraction of sp³-hybridized carbons (Fsp3) is 0.429. The van der Waals surface area contributed by atoms with Gasteiger partial charge in [-0.05, 0) is 30.5 Å². The number of anilines is 1. The average Bonchev–Trinajstić information content (AvgIpc) is 2.37. The third-order valence-electron chi connectivity index (χ3n) is 2.72. The van der Waals surface area contributed by atoms with E-state index in [0.29, 0.717) is 17.9 Å². The van der Waals surface area contributed by atoms with Gasteiger partial charge in [0.15, 0.2) is 0 Å². The highest BCUT2D eigenvalue weighted by Crippen LogP contribution is 2.27. The molecule has 0 radical (unpaired) electrons. The molecule has 0 unspecified atom stereocenters. The largest absolute Gasteiger partial charge is 0.495 e. The van der Waals surface area contributed by atoms with Crippen molar-refractivity contribution in [2.24, 2.45) is 5.92 Å². The summed E-state index contributed by atoms with van der Waals surface area (Å²) in [4.78, 5) is 23.1. The molecule has 0 saturated carbocycles. The molecule has 7 heteroatoms. The van der Waals surface area contributed by atoms with Crippen molar-refractivity contribution in [3.8, 4) is 5.75 Å². The van der Waals surface area contributed by atoms with Crippen molar-refractivity contribution in [2.45, 2.75) is 26.3 Å². The van der Waals surface area contributed by atoms with Crippen molar-refractivity contribution >= 4 is 33.6 Å². The molecule has 0 heterocycles. The molecule has 1 aromatic carbocycles. The fourth-order valence-corrected chi connectivity index (χ4v) is 2.15. The molecule has 1 aromatic rings. The van der Waals surface area contributed by atoms with Crippen LogP contribution < -0.4 is 15.4 Å². The SMILES string of the molecule is COc1ccc(Br)cc1NC(=O)N[C@H](CC(C)C)C(=O)O. The van der Waals surface area contributed by atoms with Gasteiger partial charge in [0.25, 0.3) is 0 Å². The highest BCUT2D eigenvalue weighted by molar-refractivity contribution is 9.10. The Hall–Kier alpha value is -1.76. The molecule has 0 saturated heterocycles. The zero-order valence-corrected chi connectivity index (χ0v) is 13.7. The van der Waals surface area contributed by atoms with Crippen LogP contribution in [0.1, 0.15) is 20.3 Å². The molecule has 0 aliphatic heterocycles. The maximum absolute atomic E-state index is 11.9. The molecule has 3 N–H and O–H groups in total. The maximum Gasteiger partial charge on any atom is 0.326 e. The van der Waals surface area contributed by atoms with Gasteiger partial charge < -0.3 is 20.5 Å². The molecule has 2 amide bonds. The summed E-state index contributed by atoms with van der Waals surface area (Å²) in [6.45, 7) is 3.79. The van der Waals surface area contributed by atoms with E-state index in [4.69, 9.17) is 9.84 Å². The highest BCUT2D eigenvalue weighted by Gasteiger charge is 2.21. The fourth-order valence-electron chi connectivity index (χ4n) is 1.79. The number of hydrogen-bond acceptors (Lipinski definition) is 3. The normalized spacial score (nSPS) is 11.9. The number of ether oxygens (including phenoxy) is 1. The summed E-state index contributed by atoms with van der Waals surface area (Å²) in [5.74, 6) is -0.407. The standard InChI is InChI=1S/C14H19BrN2O4/c1-8(2)6-11(13(18)19)17-14(20)16-10-7-9(15)4-5-12(10)21-3/h4-5,7-8,11H,6H2,1-3H3,(H,18,19)(H2,16,17,20)/t11-/m1/s1. The molecule has 116 valence electrons. The number of amides is 2. The Balaban J connectivity index is 2.76. The van der Waals surface area contributed by atoms with Crippen molar-refractivity contribution in [2.75, 3.05) is 12.4 Å². The van der Waals surface area contributed by atoms with Crippen LogP contribution in [0.15, 0.2) is 22.7 Å². The van der Waals surface area contributed by atoms with E-state index in [2.05, 4.69) is 26.6 Å². The molecule has 6 nitrogen and oxygen atoms in total. The number of hydrogen-bond donors (Lipinski definition) is 3. The third-order valence-corrected chi connectivity index (χ3v) is 3.21. The number of benzene rings is 1. The number of rotatable bonds is 6. The van der Waals surface area contributed by atoms with Gasteiger partial charge in [0.05, 0.1) is 12.8 Å². The van der Waals surface area contributed by atoms with E-state index in [1.54, 1.807) is 18.2 Å². The van der Waals surface area contributed by atoms with E-state index in [1.165, 1.54) is 7.11 Å². The molecule has 21 heavy (non-hydrogen) atoms. The summed E-state index contributed by atoms with van der Waals surface area (Å²) < 4.78 is 5.91. The first-order valence-electron chi connectivity index (χ1n) is 6.47. The second-order valence-electron chi connectivity index (χ2n) is 4.96. The van der Waals surface area contributed by atoms with Crippen LogP contribution in [-0.2, 0) is 4.79 Å². The molecule has 0 aromatic heterocycles. The molecular weight excluding hydrogens is 340 g/mol. The van der Waals surface area contributed by atoms with E-state index in [0.717, 1.165) is 4.47 Å². The quantitative estimate of drug-likeness (QED) is 0.728. The summed E-state index contributed by atoms with van der Waals surface area (Å²) in [6.07, 6.45) is 0.359. The van der Waals surface area contributed by atoms with Crippen LogP contribution in [0.2, 0.25) is 0 Å². The van der Waals surface area contributed by atoms with Crippen LogP contribution >= 0.6 is 15.9 Å². The molecule has 0 fully saturated rings. The second kappa shape index (κ2) is 7.87. The van der Waals surface area contributed by atoms with Gasteiger partial charge in [0.1, 0.15) is 11.8 Å². The van der Waals surface area contributed by atoms with Crippen LogP contribution in [0.25, 0.3) is 0 Å². The van der Waals surface area contributed by atoms with Crippen molar-refractivity contribution in [1.29, 1.82) is 0 Å². The van der Waals surface area contributed by atoms with E-state index in [9.17, 15) is 9.59 Å². The number of carbonyl (C=O) groups is 2. The molecule has 0 aliphatic carbocycles. The average molecular weight is 359 g/mol. The van der Waals surface area contributed by atoms with Gasteiger partial charge in [-0.1, -0.05) is 29.8 Å². The van der Waals surface area contributed by atoms with Gasteiger partial charge >= 0.3 is 12.0 Å². The van der Waals surface area contributed by atoms with Crippen molar-refractivity contribution < 1.29 is 19.4 Å². The smallest absolute Gasteiger partial charge is 0.326 e. The van der Waals surface area contributed by atoms with Crippen LogP contribution in [0.3, 0.4) is 0 Å². The zero-order chi connectivity index (χ0) is 16.0. The third kappa shape index (κ3) is 5.63. The van der Waals surface area contributed by atoms with Gasteiger partial charge in [-0.15, -0.1) is 0 Å². The monoisotopic (exact) mass is 358 g/mol. The van der Waals surface area contributed by atoms with Crippen molar-refractivity contribution in [1.82, 2.24) is 5.32 Å². The number of methoxy groups -OCH3 is 1. The lowest BCUT2D eigenvalue weighted by Crippen LogP contribution is -2.43. The first kappa shape index (κ1) is 17.3. The molecule has 1 rings (SSSR count). The number of carbonyl (C=O) groups excluding carboxylic acids is 1. The number of aliphatic carboxylic acids is 1. The molecule has 1 atom stereocenters. The van der Waals surface area contributed by atoms with E-state index >= 15 is 0 Å². The zero-order valence-electron chi connectivity index (χ0n) is 12.1. The summed E-state index contributed by atoms with van der Waals surface area (Å²) in [7, 11) is 1.49. The van der Waals surface area contributed by atoms with E-state index < -0.39 is 18.0 Å². The number of urea groups is 1. The van der Waals surface area contributed by atoms with Crippen LogP contribution in [0.5, 0.6) is 5.75 Å². The summed E-state index contributed by atoms with van der Waals surface area (Å²) in [6, 6.07) is 3.64. The van der Waals surface area contributed by atoms with Gasteiger partial charge in [-0.3, -0.25) is 0 Å². The topological polar surface area (TPSA) is 87.7 Å². The lowest BCUT2D eigenvalue weighted by atomic mass is 10.0. The Morgan fingerprint density at radius 2 is 2.05 bits per heavy atom. The molecular formula is C14H19BrN2O4. The van der Waals surface area contributed by atoms with Crippen LogP contribution in [0.4, 0.5) is 10.5 Å². The van der Waals surface area contributed by atoms with Crippen LogP contribution in [-0.4, -0.2) is 30.3 Å². The Kier molecular flexibility index (Phi) is 6.48. The summed E-state index contributed by atoms with van der Waals surface area (Å²) in [5.41, 5.74) is 0.457. The minimum Gasteiger partial charge on any atom is -0.495 e. The summed E-state index contributed by atoms with van der Waals surface area (Å²) >= 11 is 3.30. The Labute approximate surface area is 132 Å². The Bertz CT molecular complexity index is 520. The van der Waals surface area contributed by atoms with Gasteiger partial charge in [0.2, 0.25) is 0 Å². The number of carboxylic acids is 1. The Morgan fingerprint density at radius 1 is 1.38 bits per heavy atom. The lowest BCUT2D eigenvalue weighted by molar-refractivity contribution is -0.139. The second-order valence-corrected chi connectivity index (χ2v) is 5.88. The maximum atomic E-state index is 11.9. The minimum absolute atomic E-state index is 0.159. The lowest BCUT2D eigenvalue weighted by Gasteiger charge is -2.17. The number of nitrogens with one attached hydrogen (secondary N) is 2. The van der Waals surface area contributed by atoms with E-state index in [-0.39, 0.29) is 5.92 Å². The van der Waals surface area contributed by atoms with Crippen LogP contribution in [0, 0.1) is 5.92 Å². The predicted octanol–water partition coefficient (Wildman–Crippen LogP) is 3.08. The highest BCUT2D eigenvalue weighted by atomic mass is 79.9. The van der Waals surface area contributed by atoms with E-state index in [1.807, 2.05) is 13.8 Å². The first-order valence-corrected chi connectivity index (χ1v) is 7.26. The summed E-state index contributed by atoms with van der Waals surface area (Å²) in [5, 5.41) is 14.1. The van der Waals surface area contributed by atoms with Gasteiger partial charge in [-0.2, -0.15) is 0 Å². The molecule has 0 bridgehead atoms. The minimum atomic E-state index is -1.06. The molecule has 0 spiro atoms. The Morgan fingerprint density at radius 3 is 2.57 bits per heavy atom. The van der Waals surface area contributed by atoms with Crippen molar-refractivity contribution in [3.63, 3.8) is 0 Å². The first-order chi connectivity index (χ1) is 9.83. The van der Waals surface area contributed by atoms with Gasteiger partial charge in [-0.25, -0.2) is 9.59 Å². The predicted molar refractivity (Wildman–Crippen MR) is 83.7 cm³/mol. The molecule has 0 aliphatic rings. The number of carboxylic acid groups (broad SMARTS) is 1. The van der Waals surface area contributed by atoms with Crippen molar-refractivity contribution in [3.05, 3.63) is 22.7 Å². The number of halogens is 1.